The Bertz CT molecular complexity index is 854. The molecule has 2 heterocycles. The third kappa shape index (κ3) is 3.96. The number of rotatable bonds is 2. The number of hydrogen-bond acceptors (Lipinski definition) is 4. The highest BCUT2D eigenvalue weighted by Crippen LogP contribution is 2.38. The van der Waals surface area contributed by atoms with Gasteiger partial charge in [-0.3, -0.25) is 10.3 Å². The molecule has 4 nitrogen and oxygen atoms in total. The van der Waals surface area contributed by atoms with Gasteiger partial charge in [-0.25, -0.2) is 0 Å². The van der Waals surface area contributed by atoms with Crippen LogP contribution in [0.3, 0.4) is 0 Å². The van der Waals surface area contributed by atoms with E-state index in [2.05, 4.69) is 64.4 Å². The van der Waals surface area contributed by atoms with Crippen LogP contribution in [0.2, 0.25) is 0 Å². The maximum Gasteiger partial charge on any atom is 0.120 e. The molecule has 0 radical (unpaired) electrons. The first kappa shape index (κ1) is 18.7. The van der Waals surface area contributed by atoms with Crippen LogP contribution >= 0.6 is 15.9 Å². The fourth-order valence-electron chi connectivity index (χ4n) is 4.07. The minimum absolute atomic E-state index is 0.0414. The molecule has 1 spiro atoms. The van der Waals surface area contributed by atoms with Crippen LogP contribution in [-0.2, 0) is 0 Å². The third-order valence-corrected chi connectivity index (χ3v) is 6.25. The van der Waals surface area contributed by atoms with Crippen molar-refractivity contribution in [1.29, 1.82) is 0 Å². The lowest BCUT2D eigenvalue weighted by atomic mass is 9.87. The van der Waals surface area contributed by atoms with Crippen molar-refractivity contribution in [1.82, 2.24) is 10.2 Å². The first-order valence-corrected chi connectivity index (χ1v) is 10.3. The number of aryl methyl sites for hydroxylation is 1. The molecule has 0 aromatic heterocycles. The van der Waals surface area contributed by atoms with Gasteiger partial charge in [-0.1, -0.05) is 45.8 Å². The van der Waals surface area contributed by atoms with Crippen LogP contribution < -0.4 is 5.32 Å². The Kier molecular flexibility index (Phi) is 5.10. The first-order valence-electron chi connectivity index (χ1n) is 9.55. The number of nitrogens with zero attached hydrogens (tertiary/aromatic N) is 2. The van der Waals surface area contributed by atoms with Crippen LogP contribution in [0.15, 0.2) is 51.9 Å². The topological polar surface area (TPSA) is 47.9 Å². The number of halogens is 1. The molecule has 142 valence electrons. The number of aromatic hydroxyl groups is 1. The fraction of sp³-hybridized carbons (Fsp3) is 0.409. The number of phenolic OH excluding ortho intramolecular Hbond substituents is 1. The van der Waals surface area contributed by atoms with Gasteiger partial charge in [0, 0.05) is 41.3 Å². The highest BCUT2D eigenvalue weighted by molar-refractivity contribution is 9.10. The van der Waals surface area contributed by atoms with Crippen molar-refractivity contribution in [3.8, 4) is 5.75 Å². The quantitative estimate of drug-likeness (QED) is 0.745. The second-order valence-electron chi connectivity index (χ2n) is 7.86. The summed E-state index contributed by atoms with van der Waals surface area (Å²) in [6.07, 6.45) is 2.72. The molecule has 2 N–H and O–H groups in total. The largest absolute Gasteiger partial charge is 0.508 e. The summed E-state index contributed by atoms with van der Waals surface area (Å²) in [5.41, 5.74) is 4.23. The van der Waals surface area contributed by atoms with Crippen molar-refractivity contribution < 1.29 is 5.11 Å². The Hall–Kier alpha value is -1.69. The minimum atomic E-state index is -0.260. The van der Waals surface area contributed by atoms with Gasteiger partial charge in [0.05, 0.1) is 0 Å². The lowest BCUT2D eigenvalue weighted by molar-refractivity contribution is 0.144. The molecule has 2 aromatic rings. The number of phenols is 1. The average molecular weight is 428 g/mol. The zero-order valence-corrected chi connectivity index (χ0v) is 17.5. The van der Waals surface area contributed by atoms with E-state index >= 15 is 0 Å². The van der Waals surface area contributed by atoms with Gasteiger partial charge in [0.2, 0.25) is 0 Å². The summed E-state index contributed by atoms with van der Waals surface area (Å²) in [5, 5.41) is 14.3. The number of aliphatic imine (C=N–C) groups is 1. The number of piperidine rings is 1. The molecule has 2 aliphatic rings. The van der Waals surface area contributed by atoms with Gasteiger partial charge in [-0.15, -0.1) is 0 Å². The Balaban J connectivity index is 1.74. The Morgan fingerprint density at radius 1 is 1.15 bits per heavy atom. The molecule has 2 aromatic carbocycles. The van der Waals surface area contributed by atoms with E-state index in [1.807, 2.05) is 12.1 Å². The van der Waals surface area contributed by atoms with Gasteiger partial charge >= 0.3 is 0 Å². The highest BCUT2D eigenvalue weighted by Gasteiger charge is 2.40. The molecule has 1 fully saturated rings. The van der Waals surface area contributed by atoms with Gasteiger partial charge in [0.1, 0.15) is 11.4 Å². The molecule has 27 heavy (non-hydrogen) atoms. The molecule has 2 aliphatic heterocycles. The van der Waals surface area contributed by atoms with E-state index in [1.165, 1.54) is 11.1 Å². The van der Waals surface area contributed by atoms with Crippen molar-refractivity contribution in [2.24, 2.45) is 4.99 Å². The molecular formula is C22H26BrN3O. The summed E-state index contributed by atoms with van der Waals surface area (Å²) in [4.78, 5) is 7.58. The predicted molar refractivity (Wildman–Crippen MR) is 113 cm³/mol. The van der Waals surface area contributed by atoms with Gasteiger partial charge in [-0.05, 0) is 50.6 Å². The standard InChI is InChI=1S/C22H26BrN3O/c1-15-3-5-16(6-4-15)19-14-20(18-13-17(23)7-8-21(18)27)25-22(24-19)9-11-26(2)12-10-22/h3-8,13,20,25,27H,9-12,14H2,1-2H3/t20-/m0/s1. The molecule has 1 saturated heterocycles. The third-order valence-electron chi connectivity index (χ3n) is 5.75. The van der Waals surface area contributed by atoms with Gasteiger partial charge in [0.15, 0.2) is 0 Å². The average Bonchev–Trinajstić information content (AvgIpc) is 2.66. The van der Waals surface area contributed by atoms with E-state index in [-0.39, 0.29) is 11.7 Å². The molecule has 4 rings (SSSR count). The van der Waals surface area contributed by atoms with E-state index in [0.29, 0.717) is 5.75 Å². The van der Waals surface area contributed by atoms with Gasteiger partial charge in [-0.2, -0.15) is 0 Å². The fourth-order valence-corrected chi connectivity index (χ4v) is 4.45. The van der Waals surface area contributed by atoms with E-state index in [1.54, 1.807) is 6.07 Å². The lowest BCUT2D eigenvalue weighted by Crippen LogP contribution is -2.55. The monoisotopic (exact) mass is 427 g/mol. The van der Waals surface area contributed by atoms with Crippen LogP contribution in [0.5, 0.6) is 5.75 Å². The van der Waals surface area contributed by atoms with E-state index in [0.717, 1.165) is 48.1 Å². The Morgan fingerprint density at radius 3 is 2.56 bits per heavy atom. The van der Waals surface area contributed by atoms with Crippen molar-refractivity contribution >= 4 is 21.6 Å². The summed E-state index contributed by atoms with van der Waals surface area (Å²) in [7, 11) is 2.16. The zero-order chi connectivity index (χ0) is 19.0. The summed E-state index contributed by atoms with van der Waals surface area (Å²) in [6, 6.07) is 14.3. The number of hydrogen-bond donors (Lipinski definition) is 2. The smallest absolute Gasteiger partial charge is 0.120 e. The van der Waals surface area contributed by atoms with Crippen LogP contribution in [0.25, 0.3) is 0 Å². The molecule has 0 aliphatic carbocycles. The zero-order valence-electron chi connectivity index (χ0n) is 15.9. The molecule has 0 unspecified atom stereocenters. The molecule has 0 saturated carbocycles. The van der Waals surface area contributed by atoms with Crippen LogP contribution in [0, 0.1) is 6.92 Å². The van der Waals surface area contributed by atoms with Crippen molar-refractivity contribution in [3.05, 3.63) is 63.6 Å². The second kappa shape index (κ2) is 7.38. The maximum absolute atomic E-state index is 10.5. The molecule has 0 amide bonds. The summed E-state index contributed by atoms with van der Waals surface area (Å²) in [6.45, 7) is 4.15. The maximum atomic E-state index is 10.5. The number of likely N-dealkylation sites (tertiary alicyclic amines) is 1. The predicted octanol–water partition coefficient (Wildman–Crippen LogP) is 4.41. The molecule has 5 heteroatoms. The van der Waals surface area contributed by atoms with Crippen LogP contribution in [-0.4, -0.2) is 41.5 Å². The first-order chi connectivity index (χ1) is 12.9. The number of nitrogens with one attached hydrogen (secondary N) is 1. The van der Waals surface area contributed by atoms with E-state index in [9.17, 15) is 5.11 Å². The summed E-state index contributed by atoms with van der Waals surface area (Å²) < 4.78 is 0.980. The molecular weight excluding hydrogens is 402 g/mol. The second-order valence-corrected chi connectivity index (χ2v) is 8.78. The van der Waals surface area contributed by atoms with Crippen LogP contribution in [0.1, 0.15) is 42.0 Å². The van der Waals surface area contributed by atoms with E-state index < -0.39 is 0 Å². The van der Waals surface area contributed by atoms with Crippen LogP contribution in [0.4, 0.5) is 0 Å². The van der Waals surface area contributed by atoms with E-state index in [4.69, 9.17) is 4.99 Å². The Morgan fingerprint density at radius 2 is 1.85 bits per heavy atom. The molecule has 1 atom stereocenters. The van der Waals surface area contributed by atoms with Crippen molar-refractivity contribution in [2.75, 3.05) is 20.1 Å². The summed E-state index contributed by atoms with van der Waals surface area (Å²) >= 11 is 3.55. The van der Waals surface area contributed by atoms with Crippen molar-refractivity contribution in [2.45, 2.75) is 37.9 Å². The SMILES string of the molecule is Cc1ccc(C2=NC3(CCN(C)CC3)N[C@H](c3cc(Br)ccc3O)C2)cc1. The minimum Gasteiger partial charge on any atom is -0.508 e. The summed E-state index contributed by atoms with van der Waals surface area (Å²) in [5.74, 6) is 0.337. The van der Waals surface area contributed by atoms with Gasteiger partial charge < -0.3 is 10.0 Å². The highest BCUT2D eigenvalue weighted by atomic mass is 79.9. The van der Waals surface area contributed by atoms with Crippen molar-refractivity contribution in [3.63, 3.8) is 0 Å². The number of benzene rings is 2. The normalized spacial score (nSPS) is 22.6. The Labute approximate surface area is 169 Å². The van der Waals surface area contributed by atoms with Gasteiger partial charge in [0.25, 0.3) is 0 Å². The molecule has 0 bridgehead atoms. The lowest BCUT2D eigenvalue weighted by Gasteiger charge is -2.44.